The van der Waals surface area contributed by atoms with Gasteiger partial charge in [-0.3, -0.25) is 19.5 Å². The second kappa shape index (κ2) is 9.04. The molecule has 1 aliphatic rings. The maximum Gasteiger partial charge on any atom is 0.300 e. The van der Waals surface area contributed by atoms with E-state index < -0.39 is 17.7 Å². The second-order valence-electron chi connectivity index (χ2n) is 7.17. The van der Waals surface area contributed by atoms with Gasteiger partial charge >= 0.3 is 0 Å². The van der Waals surface area contributed by atoms with Gasteiger partial charge in [-0.05, 0) is 42.5 Å². The zero-order chi connectivity index (χ0) is 23.5. The molecule has 0 saturated carbocycles. The molecule has 2 aromatic carbocycles. The third-order valence-corrected chi connectivity index (χ3v) is 5.41. The molecule has 0 bridgehead atoms. The molecule has 2 heterocycles. The van der Waals surface area contributed by atoms with Crippen molar-refractivity contribution in [1.82, 2.24) is 4.98 Å². The fourth-order valence-corrected chi connectivity index (χ4v) is 3.87. The summed E-state index contributed by atoms with van der Waals surface area (Å²) in [5.74, 6) is -0.727. The highest BCUT2D eigenvalue weighted by molar-refractivity contribution is 6.51. The molecule has 1 unspecified atom stereocenters. The summed E-state index contributed by atoms with van der Waals surface area (Å²) in [6, 6.07) is 15.8. The van der Waals surface area contributed by atoms with Crippen LogP contribution >= 0.6 is 0 Å². The number of amides is 1. The molecule has 0 aliphatic carbocycles. The number of carbonyl (C=O) groups excluding carboxylic acids is 2. The predicted octanol–water partition coefficient (Wildman–Crippen LogP) is 3.73. The number of para-hydroxylation sites is 2. The molecule has 33 heavy (non-hydrogen) atoms. The van der Waals surface area contributed by atoms with Gasteiger partial charge in [-0.1, -0.05) is 18.2 Å². The minimum Gasteiger partial charge on any atom is -0.507 e. The molecule has 1 atom stereocenters. The Hall–Kier alpha value is -4.33. The molecule has 0 spiro atoms. The van der Waals surface area contributed by atoms with Gasteiger partial charge in [0.1, 0.15) is 17.6 Å². The summed E-state index contributed by atoms with van der Waals surface area (Å²) in [5.41, 5.74) is 1.03. The van der Waals surface area contributed by atoms with Crippen molar-refractivity contribution >= 4 is 23.1 Å². The van der Waals surface area contributed by atoms with E-state index in [1.54, 1.807) is 66.9 Å². The summed E-state index contributed by atoms with van der Waals surface area (Å²) in [6.45, 7) is 0. The standard InChI is InChI=1S/C25H22N2O6/c1-31-18-10-5-4-9-17(18)27-22(16-8-6-7-13-26-16)21(24(29)25(27)30)23(28)15-11-12-19(32-2)20(14-15)33-3/h4-14,22,28H,1-3H3/b23-21-. The number of aromatic nitrogens is 1. The molecular formula is C25H22N2O6. The Kier molecular flexibility index (Phi) is 5.99. The van der Waals surface area contributed by atoms with E-state index in [2.05, 4.69) is 4.98 Å². The van der Waals surface area contributed by atoms with E-state index in [1.165, 1.54) is 26.2 Å². The van der Waals surface area contributed by atoms with E-state index in [0.717, 1.165) is 0 Å². The molecule has 1 aliphatic heterocycles. The molecule has 8 heteroatoms. The smallest absolute Gasteiger partial charge is 0.300 e. The van der Waals surface area contributed by atoms with Crippen LogP contribution in [0.5, 0.6) is 17.2 Å². The number of aliphatic hydroxyl groups excluding tert-OH is 1. The number of benzene rings is 2. The molecule has 1 aromatic heterocycles. The molecule has 3 aromatic rings. The Bertz CT molecular complexity index is 1240. The van der Waals surface area contributed by atoms with Gasteiger partial charge in [0.05, 0.1) is 38.3 Å². The number of hydrogen-bond acceptors (Lipinski definition) is 7. The van der Waals surface area contributed by atoms with Crippen LogP contribution in [0.3, 0.4) is 0 Å². The third kappa shape index (κ3) is 3.76. The lowest BCUT2D eigenvalue weighted by Gasteiger charge is -2.26. The first-order valence-electron chi connectivity index (χ1n) is 10.1. The number of rotatable bonds is 6. The molecule has 8 nitrogen and oxygen atoms in total. The van der Waals surface area contributed by atoms with Crippen molar-refractivity contribution in [2.45, 2.75) is 6.04 Å². The number of hydrogen-bond donors (Lipinski definition) is 1. The molecule has 4 rings (SSSR count). The van der Waals surface area contributed by atoms with Gasteiger partial charge in [-0.25, -0.2) is 0 Å². The van der Waals surface area contributed by atoms with Crippen LogP contribution in [0, 0.1) is 0 Å². The van der Waals surface area contributed by atoms with Gasteiger partial charge in [-0.15, -0.1) is 0 Å². The van der Waals surface area contributed by atoms with Gasteiger partial charge in [-0.2, -0.15) is 0 Å². The molecule has 1 fully saturated rings. The topological polar surface area (TPSA) is 98.2 Å². The van der Waals surface area contributed by atoms with E-state index in [1.807, 2.05) is 0 Å². The van der Waals surface area contributed by atoms with Crippen LogP contribution in [0.1, 0.15) is 17.3 Å². The molecule has 1 saturated heterocycles. The van der Waals surface area contributed by atoms with Crippen molar-refractivity contribution < 1.29 is 28.9 Å². The Morgan fingerprint density at radius 3 is 2.24 bits per heavy atom. The monoisotopic (exact) mass is 446 g/mol. The van der Waals surface area contributed by atoms with E-state index in [9.17, 15) is 14.7 Å². The van der Waals surface area contributed by atoms with Crippen molar-refractivity contribution in [3.63, 3.8) is 0 Å². The van der Waals surface area contributed by atoms with Crippen molar-refractivity contribution in [3.05, 3.63) is 83.7 Å². The summed E-state index contributed by atoms with van der Waals surface area (Å²) < 4.78 is 16.0. The Morgan fingerprint density at radius 1 is 0.879 bits per heavy atom. The number of Topliss-reactive ketones (excluding diaryl/α,β-unsaturated/α-hetero) is 1. The number of methoxy groups -OCH3 is 3. The Balaban J connectivity index is 1.95. The number of pyridine rings is 1. The van der Waals surface area contributed by atoms with E-state index in [0.29, 0.717) is 34.2 Å². The fourth-order valence-electron chi connectivity index (χ4n) is 3.87. The van der Waals surface area contributed by atoms with Gasteiger partial charge in [0.2, 0.25) is 0 Å². The largest absolute Gasteiger partial charge is 0.507 e. The van der Waals surface area contributed by atoms with Crippen LogP contribution in [0.15, 0.2) is 72.4 Å². The Morgan fingerprint density at radius 2 is 1.58 bits per heavy atom. The van der Waals surface area contributed by atoms with Gasteiger partial charge in [0.15, 0.2) is 11.5 Å². The van der Waals surface area contributed by atoms with Crippen LogP contribution in [-0.4, -0.2) is 43.1 Å². The van der Waals surface area contributed by atoms with Crippen molar-refractivity contribution in [3.8, 4) is 17.2 Å². The van der Waals surface area contributed by atoms with Crippen LogP contribution in [0.4, 0.5) is 5.69 Å². The van der Waals surface area contributed by atoms with Crippen LogP contribution in [0.25, 0.3) is 5.76 Å². The van der Waals surface area contributed by atoms with Gasteiger partial charge < -0.3 is 19.3 Å². The summed E-state index contributed by atoms with van der Waals surface area (Å²) in [7, 11) is 4.45. The number of aliphatic hydroxyl groups is 1. The summed E-state index contributed by atoms with van der Waals surface area (Å²) in [6.07, 6.45) is 1.56. The van der Waals surface area contributed by atoms with Crippen molar-refractivity contribution in [2.75, 3.05) is 26.2 Å². The third-order valence-electron chi connectivity index (χ3n) is 5.41. The molecule has 1 amide bonds. The molecular weight excluding hydrogens is 424 g/mol. The molecule has 1 N–H and O–H groups in total. The van der Waals surface area contributed by atoms with Crippen molar-refractivity contribution in [2.24, 2.45) is 0 Å². The summed E-state index contributed by atoms with van der Waals surface area (Å²) in [4.78, 5) is 32.1. The molecule has 0 radical (unpaired) electrons. The zero-order valence-corrected chi connectivity index (χ0v) is 18.3. The van der Waals surface area contributed by atoms with Gasteiger partial charge in [0.25, 0.3) is 11.7 Å². The lowest BCUT2D eigenvalue weighted by Crippen LogP contribution is -2.30. The lowest BCUT2D eigenvalue weighted by molar-refractivity contribution is -0.132. The number of anilines is 1. The minimum absolute atomic E-state index is 0.0863. The van der Waals surface area contributed by atoms with E-state index in [4.69, 9.17) is 14.2 Å². The van der Waals surface area contributed by atoms with Gasteiger partial charge in [0, 0.05) is 11.8 Å². The molecule has 168 valence electrons. The SMILES string of the molecule is COc1ccc(/C(O)=C2/C(=O)C(=O)N(c3ccccc3OC)C2c2ccccn2)cc1OC. The first-order valence-corrected chi connectivity index (χ1v) is 10.1. The summed E-state index contributed by atoms with van der Waals surface area (Å²) >= 11 is 0. The highest BCUT2D eigenvalue weighted by Gasteiger charge is 2.48. The quantitative estimate of drug-likeness (QED) is 0.350. The van der Waals surface area contributed by atoms with Crippen LogP contribution < -0.4 is 19.1 Å². The highest BCUT2D eigenvalue weighted by atomic mass is 16.5. The number of nitrogens with zero attached hydrogens (tertiary/aromatic N) is 2. The Labute approximate surface area is 190 Å². The summed E-state index contributed by atoms with van der Waals surface area (Å²) in [5, 5.41) is 11.2. The average molecular weight is 446 g/mol. The minimum atomic E-state index is -0.962. The maximum atomic E-state index is 13.2. The van der Waals surface area contributed by atoms with Crippen LogP contribution in [-0.2, 0) is 9.59 Å². The second-order valence-corrected chi connectivity index (χ2v) is 7.17. The normalized spacial score (nSPS) is 17.2. The number of carbonyl (C=O) groups is 2. The number of ketones is 1. The van der Waals surface area contributed by atoms with E-state index in [-0.39, 0.29) is 11.3 Å². The highest BCUT2D eigenvalue weighted by Crippen LogP contribution is 2.44. The van der Waals surface area contributed by atoms with Crippen LogP contribution in [0.2, 0.25) is 0 Å². The first kappa shape index (κ1) is 21.9. The number of ether oxygens (including phenoxy) is 3. The first-order chi connectivity index (χ1) is 16.0. The lowest BCUT2D eigenvalue weighted by atomic mass is 9.98. The zero-order valence-electron chi connectivity index (χ0n) is 18.3. The fraction of sp³-hybridized carbons (Fsp3) is 0.160. The van der Waals surface area contributed by atoms with E-state index >= 15 is 0 Å². The predicted molar refractivity (Wildman–Crippen MR) is 122 cm³/mol. The maximum absolute atomic E-state index is 13.2. The van der Waals surface area contributed by atoms with Crippen molar-refractivity contribution in [1.29, 1.82) is 0 Å². The average Bonchev–Trinajstić information content (AvgIpc) is 3.13.